The molecule has 0 aromatic heterocycles. The van der Waals surface area contributed by atoms with Gasteiger partial charge in [-0.2, -0.15) is 0 Å². The number of nitrogens with one attached hydrogen (secondary N) is 2. The van der Waals surface area contributed by atoms with Crippen molar-refractivity contribution >= 4 is 24.0 Å². The van der Waals surface area contributed by atoms with Crippen molar-refractivity contribution in [3.63, 3.8) is 0 Å². The van der Waals surface area contributed by atoms with E-state index in [9.17, 15) is 13.6 Å². The number of halogens is 3. The van der Waals surface area contributed by atoms with Crippen molar-refractivity contribution in [3.8, 4) is 0 Å². The van der Waals surface area contributed by atoms with Crippen LogP contribution in [-0.4, -0.2) is 18.5 Å². The molecule has 1 aromatic rings. The second-order valence-electron chi connectivity index (χ2n) is 3.77. The van der Waals surface area contributed by atoms with Gasteiger partial charge in [0.1, 0.15) is 0 Å². The molecule has 1 saturated heterocycles. The topological polar surface area (TPSA) is 41.1 Å². The third kappa shape index (κ3) is 3.38. The molecule has 1 heterocycles. The molecule has 17 heavy (non-hydrogen) atoms. The fourth-order valence-electron chi connectivity index (χ4n) is 1.71. The minimum Gasteiger partial charge on any atom is -0.325 e. The van der Waals surface area contributed by atoms with Crippen molar-refractivity contribution in [2.24, 2.45) is 0 Å². The molecular weight excluding hydrogens is 250 g/mol. The first-order valence-corrected chi connectivity index (χ1v) is 5.16. The molecule has 1 fully saturated rings. The summed E-state index contributed by atoms with van der Waals surface area (Å²) in [6, 6.07) is 3.08. The highest BCUT2D eigenvalue weighted by molar-refractivity contribution is 5.94. The zero-order valence-electron chi connectivity index (χ0n) is 9.00. The van der Waals surface area contributed by atoms with Gasteiger partial charge < -0.3 is 10.6 Å². The first kappa shape index (κ1) is 13.9. The maximum atomic E-state index is 12.9. The van der Waals surface area contributed by atoms with E-state index in [1.165, 1.54) is 6.07 Å². The van der Waals surface area contributed by atoms with Crippen molar-refractivity contribution in [2.45, 2.75) is 18.9 Å². The molecule has 0 aliphatic carbocycles. The van der Waals surface area contributed by atoms with E-state index in [0.717, 1.165) is 31.5 Å². The number of carbonyl (C=O) groups is 1. The van der Waals surface area contributed by atoms with Crippen molar-refractivity contribution < 1.29 is 13.6 Å². The summed E-state index contributed by atoms with van der Waals surface area (Å²) in [5.41, 5.74) is 0.276. The lowest BCUT2D eigenvalue weighted by molar-refractivity contribution is -0.117. The highest BCUT2D eigenvalue weighted by Gasteiger charge is 2.21. The van der Waals surface area contributed by atoms with E-state index in [2.05, 4.69) is 10.6 Å². The lowest BCUT2D eigenvalue weighted by atomic mass is 10.2. The van der Waals surface area contributed by atoms with Crippen molar-refractivity contribution in [1.82, 2.24) is 5.32 Å². The SMILES string of the molecule is Cl.O=C(Nc1ccc(F)c(F)c1)[C@@H]1CCCN1. The van der Waals surface area contributed by atoms with E-state index >= 15 is 0 Å². The summed E-state index contributed by atoms with van der Waals surface area (Å²) in [5, 5.41) is 5.57. The van der Waals surface area contributed by atoms with E-state index in [1.807, 2.05) is 0 Å². The number of carbonyl (C=O) groups excluding carboxylic acids is 1. The van der Waals surface area contributed by atoms with Gasteiger partial charge in [-0.3, -0.25) is 4.79 Å². The Bertz CT molecular complexity index is 408. The Morgan fingerprint density at radius 1 is 1.35 bits per heavy atom. The van der Waals surface area contributed by atoms with E-state index in [4.69, 9.17) is 0 Å². The van der Waals surface area contributed by atoms with Gasteiger partial charge in [-0.05, 0) is 31.5 Å². The maximum absolute atomic E-state index is 12.9. The summed E-state index contributed by atoms with van der Waals surface area (Å²) >= 11 is 0. The van der Waals surface area contributed by atoms with Crippen LogP contribution in [0.5, 0.6) is 0 Å². The molecule has 94 valence electrons. The monoisotopic (exact) mass is 262 g/mol. The van der Waals surface area contributed by atoms with Crippen LogP contribution in [0.25, 0.3) is 0 Å². The van der Waals surface area contributed by atoms with Gasteiger partial charge in [-0.15, -0.1) is 12.4 Å². The van der Waals surface area contributed by atoms with E-state index in [1.54, 1.807) is 0 Å². The zero-order valence-corrected chi connectivity index (χ0v) is 9.82. The summed E-state index contributed by atoms with van der Waals surface area (Å²) in [6.07, 6.45) is 1.73. The molecule has 0 saturated carbocycles. The number of amides is 1. The molecule has 1 aliphatic heterocycles. The van der Waals surface area contributed by atoms with Gasteiger partial charge in [0.25, 0.3) is 0 Å². The Morgan fingerprint density at radius 2 is 2.12 bits per heavy atom. The normalized spacial score (nSPS) is 18.6. The largest absolute Gasteiger partial charge is 0.325 e. The molecule has 1 amide bonds. The van der Waals surface area contributed by atoms with E-state index in [0.29, 0.717) is 0 Å². The molecule has 6 heteroatoms. The standard InChI is InChI=1S/C11H12F2N2O.ClH/c12-8-4-3-7(6-9(8)13)15-11(16)10-2-1-5-14-10;/h3-4,6,10,14H,1-2,5H2,(H,15,16);1H/t10-;/m0./s1. The number of anilines is 1. The molecule has 0 unspecified atom stereocenters. The number of hydrogen-bond donors (Lipinski definition) is 2. The van der Waals surface area contributed by atoms with Crippen LogP contribution in [0.1, 0.15) is 12.8 Å². The van der Waals surface area contributed by atoms with Gasteiger partial charge in [0.15, 0.2) is 11.6 Å². The van der Waals surface area contributed by atoms with Gasteiger partial charge in [-0.1, -0.05) is 0 Å². The second-order valence-corrected chi connectivity index (χ2v) is 3.77. The molecule has 0 spiro atoms. The minimum atomic E-state index is -0.961. The zero-order chi connectivity index (χ0) is 11.5. The van der Waals surface area contributed by atoms with Crippen LogP contribution < -0.4 is 10.6 Å². The average Bonchev–Trinajstić information content (AvgIpc) is 2.77. The summed E-state index contributed by atoms with van der Waals surface area (Å²) in [6.45, 7) is 0.815. The van der Waals surface area contributed by atoms with E-state index < -0.39 is 11.6 Å². The quantitative estimate of drug-likeness (QED) is 0.857. The molecule has 0 bridgehead atoms. The fraction of sp³-hybridized carbons (Fsp3) is 0.364. The molecule has 2 rings (SSSR count). The van der Waals surface area contributed by atoms with Gasteiger partial charge in [-0.25, -0.2) is 8.78 Å². The molecule has 1 atom stereocenters. The van der Waals surface area contributed by atoms with Crippen LogP contribution in [0.2, 0.25) is 0 Å². The summed E-state index contributed by atoms with van der Waals surface area (Å²) < 4.78 is 25.5. The van der Waals surface area contributed by atoms with Crippen LogP contribution in [0, 0.1) is 11.6 Å². The Kier molecular flexibility index (Phi) is 4.84. The minimum absolute atomic E-state index is 0. The molecule has 2 N–H and O–H groups in total. The molecule has 1 aromatic carbocycles. The summed E-state index contributed by atoms with van der Waals surface area (Å²) in [4.78, 5) is 11.6. The molecule has 3 nitrogen and oxygen atoms in total. The summed E-state index contributed by atoms with van der Waals surface area (Å²) in [7, 11) is 0. The highest BCUT2D eigenvalue weighted by atomic mass is 35.5. The smallest absolute Gasteiger partial charge is 0.241 e. The summed E-state index contributed by atoms with van der Waals surface area (Å²) in [5.74, 6) is -2.09. The van der Waals surface area contributed by atoms with Crippen LogP contribution in [0.3, 0.4) is 0 Å². The van der Waals surface area contributed by atoms with Gasteiger partial charge in [0.2, 0.25) is 5.91 Å². The van der Waals surface area contributed by atoms with Crippen LogP contribution in [-0.2, 0) is 4.79 Å². The Morgan fingerprint density at radius 3 is 2.71 bits per heavy atom. The predicted molar refractivity (Wildman–Crippen MR) is 63.3 cm³/mol. The first-order valence-electron chi connectivity index (χ1n) is 5.16. The number of hydrogen-bond acceptors (Lipinski definition) is 2. The van der Waals surface area contributed by atoms with Crippen molar-refractivity contribution in [3.05, 3.63) is 29.8 Å². The average molecular weight is 263 g/mol. The molecule has 0 radical (unpaired) electrons. The third-order valence-electron chi connectivity index (χ3n) is 2.56. The Hall–Kier alpha value is -1.20. The van der Waals surface area contributed by atoms with Gasteiger partial charge >= 0.3 is 0 Å². The predicted octanol–water partition coefficient (Wildman–Crippen LogP) is 2.08. The van der Waals surface area contributed by atoms with Gasteiger partial charge in [0, 0.05) is 11.8 Å². The van der Waals surface area contributed by atoms with Gasteiger partial charge in [0.05, 0.1) is 6.04 Å². The number of rotatable bonds is 2. The molecular formula is C11H13ClF2N2O. The Balaban J connectivity index is 0.00000144. The maximum Gasteiger partial charge on any atom is 0.241 e. The highest BCUT2D eigenvalue weighted by Crippen LogP contribution is 2.14. The fourth-order valence-corrected chi connectivity index (χ4v) is 1.71. The van der Waals surface area contributed by atoms with E-state index in [-0.39, 0.29) is 30.0 Å². The second kappa shape index (κ2) is 5.93. The molecule has 1 aliphatic rings. The lowest BCUT2D eigenvalue weighted by Crippen LogP contribution is -2.35. The lowest BCUT2D eigenvalue weighted by Gasteiger charge is -2.10. The van der Waals surface area contributed by atoms with Crippen LogP contribution >= 0.6 is 12.4 Å². The number of benzene rings is 1. The van der Waals surface area contributed by atoms with Crippen LogP contribution in [0.15, 0.2) is 18.2 Å². The van der Waals surface area contributed by atoms with Crippen molar-refractivity contribution in [1.29, 1.82) is 0 Å². The van der Waals surface area contributed by atoms with Crippen LogP contribution in [0.4, 0.5) is 14.5 Å². The Labute approximate surface area is 104 Å². The van der Waals surface area contributed by atoms with Crippen molar-refractivity contribution in [2.75, 3.05) is 11.9 Å². The first-order chi connectivity index (χ1) is 7.66. The third-order valence-corrected chi connectivity index (χ3v) is 2.56.